The maximum atomic E-state index is 13.6. The molecule has 1 N–H and O–H groups in total. The summed E-state index contributed by atoms with van der Waals surface area (Å²) in [7, 11) is 0. The van der Waals surface area contributed by atoms with Gasteiger partial charge < -0.3 is 5.11 Å². The predicted octanol–water partition coefficient (Wildman–Crippen LogP) is 3.43. The topological polar surface area (TPSA) is 20.2 Å². The molecule has 0 saturated heterocycles. The summed E-state index contributed by atoms with van der Waals surface area (Å²) >= 11 is 0. The molecule has 2 aliphatic rings. The molecule has 0 bridgehead atoms. The minimum Gasteiger partial charge on any atom is -0.388 e. The molecule has 3 atom stereocenters. The van der Waals surface area contributed by atoms with E-state index in [9.17, 15) is 13.9 Å². The lowest BCUT2D eigenvalue weighted by Crippen LogP contribution is -2.05. The van der Waals surface area contributed by atoms with Gasteiger partial charge in [0.25, 0.3) is 0 Å². The lowest BCUT2D eigenvalue weighted by atomic mass is 10.0. The number of halogens is 2. The number of benzene rings is 1. The second kappa shape index (κ2) is 4.05. The Labute approximate surface area is 99.5 Å². The normalized spacial score (nSPS) is 33.0. The number of aliphatic hydroxyl groups is 1. The van der Waals surface area contributed by atoms with E-state index in [1.807, 2.05) is 0 Å². The van der Waals surface area contributed by atoms with Crippen LogP contribution in [-0.2, 0) is 0 Å². The minimum atomic E-state index is -0.760. The largest absolute Gasteiger partial charge is 0.388 e. The van der Waals surface area contributed by atoms with Crippen molar-refractivity contribution in [1.82, 2.24) is 0 Å². The van der Waals surface area contributed by atoms with Gasteiger partial charge in [-0.3, -0.25) is 0 Å². The van der Waals surface area contributed by atoms with Gasteiger partial charge in [-0.25, -0.2) is 8.78 Å². The SMILES string of the molecule is OC(c1ccc(F)cc1F)C1C2CCCCC21. The highest BCUT2D eigenvalue weighted by molar-refractivity contribution is 5.24. The lowest BCUT2D eigenvalue weighted by Gasteiger charge is -2.11. The van der Waals surface area contributed by atoms with Crippen LogP contribution in [0.4, 0.5) is 8.78 Å². The van der Waals surface area contributed by atoms with Crippen LogP contribution in [0.2, 0.25) is 0 Å². The average molecular weight is 238 g/mol. The molecule has 0 aliphatic heterocycles. The summed E-state index contributed by atoms with van der Waals surface area (Å²) in [6.07, 6.45) is 3.97. The second-order valence-corrected chi connectivity index (χ2v) is 5.30. The molecule has 1 nitrogen and oxygen atoms in total. The van der Waals surface area contributed by atoms with Gasteiger partial charge in [-0.05, 0) is 36.7 Å². The van der Waals surface area contributed by atoms with Gasteiger partial charge in [-0.15, -0.1) is 0 Å². The van der Waals surface area contributed by atoms with Crippen molar-refractivity contribution in [2.75, 3.05) is 0 Å². The minimum absolute atomic E-state index is 0.192. The third-order valence-electron chi connectivity index (χ3n) is 4.37. The Hall–Kier alpha value is -0.960. The molecule has 2 aliphatic carbocycles. The molecule has 3 heteroatoms. The van der Waals surface area contributed by atoms with Gasteiger partial charge in [0.15, 0.2) is 0 Å². The van der Waals surface area contributed by atoms with Crippen LogP contribution in [0, 0.1) is 29.4 Å². The number of fused-ring (bicyclic) bond motifs is 1. The zero-order chi connectivity index (χ0) is 12.0. The van der Waals surface area contributed by atoms with E-state index in [1.165, 1.54) is 25.0 Å². The van der Waals surface area contributed by atoms with Crippen molar-refractivity contribution in [3.63, 3.8) is 0 Å². The fourth-order valence-corrected chi connectivity index (χ4v) is 3.46. The van der Waals surface area contributed by atoms with Crippen molar-refractivity contribution in [1.29, 1.82) is 0 Å². The van der Waals surface area contributed by atoms with Gasteiger partial charge in [0.05, 0.1) is 6.10 Å². The van der Waals surface area contributed by atoms with E-state index < -0.39 is 17.7 Å². The Kier molecular flexibility index (Phi) is 2.66. The van der Waals surface area contributed by atoms with Gasteiger partial charge in [0.1, 0.15) is 11.6 Å². The van der Waals surface area contributed by atoms with Crippen LogP contribution in [0.5, 0.6) is 0 Å². The van der Waals surface area contributed by atoms with E-state index in [2.05, 4.69) is 0 Å². The highest BCUT2D eigenvalue weighted by Crippen LogP contribution is 2.60. The van der Waals surface area contributed by atoms with Crippen LogP contribution < -0.4 is 0 Å². The summed E-state index contributed by atoms with van der Waals surface area (Å²) in [5.74, 6) is 0.0941. The fourth-order valence-electron chi connectivity index (χ4n) is 3.46. The van der Waals surface area contributed by atoms with Crippen LogP contribution in [0.3, 0.4) is 0 Å². The van der Waals surface area contributed by atoms with Gasteiger partial charge >= 0.3 is 0 Å². The van der Waals surface area contributed by atoms with Crippen LogP contribution >= 0.6 is 0 Å². The van der Waals surface area contributed by atoms with Gasteiger partial charge in [0, 0.05) is 11.6 Å². The first kappa shape index (κ1) is 11.1. The molecule has 1 aromatic rings. The first-order valence-electron chi connectivity index (χ1n) is 6.31. The Balaban J connectivity index is 1.80. The Morgan fingerprint density at radius 3 is 2.35 bits per heavy atom. The number of rotatable bonds is 2. The van der Waals surface area contributed by atoms with Crippen molar-refractivity contribution in [3.8, 4) is 0 Å². The monoisotopic (exact) mass is 238 g/mol. The van der Waals surface area contributed by atoms with E-state index in [4.69, 9.17) is 0 Å². The molecule has 17 heavy (non-hydrogen) atoms. The Morgan fingerprint density at radius 2 is 1.76 bits per heavy atom. The maximum Gasteiger partial charge on any atom is 0.131 e. The summed E-state index contributed by atoms with van der Waals surface area (Å²) in [6, 6.07) is 3.44. The summed E-state index contributed by atoms with van der Waals surface area (Å²) in [5.41, 5.74) is 0.255. The van der Waals surface area contributed by atoms with Gasteiger partial charge in [-0.2, -0.15) is 0 Å². The van der Waals surface area contributed by atoms with Crippen LogP contribution in [-0.4, -0.2) is 5.11 Å². The molecular formula is C14H16F2O. The van der Waals surface area contributed by atoms with Crippen molar-refractivity contribution in [2.24, 2.45) is 17.8 Å². The standard InChI is InChI=1S/C14H16F2O/c15-8-5-6-11(12(16)7-8)14(17)13-9-3-1-2-4-10(9)13/h5-7,9-10,13-14,17H,1-4H2. The summed E-state index contributed by atoms with van der Waals surface area (Å²) in [5, 5.41) is 10.2. The molecule has 2 saturated carbocycles. The highest BCUT2D eigenvalue weighted by Gasteiger charge is 2.54. The third-order valence-corrected chi connectivity index (χ3v) is 4.37. The summed E-state index contributed by atoms with van der Waals surface area (Å²) < 4.78 is 26.4. The van der Waals surface area contributed by atoms with Crippen LogP contribution in [0.25, 0.3) is 0 Å². The summed E-state index contributed by atoms with van der Waals surface area (Å²) in [4.78, 5) is 0. The van der Waals surface area contributed by atoms with E-state index in [-0.39, 0.29) is 11.5 Å². The molecule has 0 aromatic heterocycles. The number of hydrogen-bond donors (Lipinski definition) is 1. The average Bonchev–Trinajstić information content (AvgIpc) is 3.02. The van der Waals surface area contributed by atoms with E-state index in [1.54, 1.807) is 0 Å². The first-order valence-corrected chi connectivity index (χ1v) is 6.31. The zero-order valence-electron chi connectivity index (χ0n) is 9.57. The maximum absolute atomic E-state index is 13.6. The van der Waals surface area contributed by atoms with E-state index in [0.29, 0.717) is 11.8 Å². The molecule has 0 amide bonds. The number of hydrogen-bond acceptors (Lipinski definition) is 1. The number of aliphatic hydroxyl groups excluding tert-OH is 1. The van der Waals surface area contributed by atoms with E-state index in [0.717, 1.165) is 18.9 Å². The zero-order valence-corrected chi connectivity index (χ0v) is 9.57. The summed E-state index contributed by atoms with van der Waals surface area (Å²) in [6.45, 7) is 0. The Bertz CT molecular complexity index is 420. The van der Waals surface area contributed by atoms with Crippen LogP contribution in [0.1, 0.15) is 37.4 Å². The Morgan fingerprint density at radius 1 is 1.12 bits per heavy atom. The second-order valence-electron chi connectivity index (χ2n) is 5.30. The smallest absolute Gasteiger partial charge is 0.131 e. The fraction of sp³-hybridized carbons (Fsp3) is 0.571. The van der Waals surface area contributed by atoms with Crippen molar-refractivity contribution < 1.29 is 13.9 Å². The molecule has 0 heterocycles. The van der Waals surface area contributed by atoms with Gasteiger partial charge in [-0.1, -0.05) is 18.9 Å². The quantitative estimate of drug-likeness (QED) is 0.836. The van der Waals surface area contributed by atoms with E-state index >= 15 is 0 Å². The molecule has 0 radical (unpaired) electrons. The lowest BCUT2D eigenvalue weighted by molar-refractivity contribution is 0.137. The molecule has 92 valence electrons. The highest BCUT2D eigenvalue weighted by atomic mass is 19.1. The van der Waals surface area contributed by atoms with Crippen LogP contribution in [0.15, 0.2) is 18.2 Å². The van der Waals surface area contributed by atoms with Crippen molar-refractivity contribution >= 4 is 0 Å². The molecular weight excluding hydrogens is 222 g/mol. The molecule has 3 unspecified atom stereocenters. The van der Waals surface area contributed by atoms with Gasteiger partial charge in [0.2, 0.25) is 0 Å². The van der Waals surface area contributed by atoms with Crippen molar-refractivity contribution in [2.45, 2.75) is 31.8 Å². The molecule has 2 fully saturated rings. The molecule has 0 spiro atoms. The predicted molar refractivity (Wildman–Crippen MR) is 60.3 cm³/mol. The molecule has 3 rings (SSSR count). The molecule has 1 aromatic carbocycles. The van der Waals surface area contributed by atoms with Crippen molar-refractivity contribution in [3.05, 3.63) is 35.4 Å². The third kappa shape index (κ3) is 1.86. The first-order chi connectivity index (χ1) is 8.18.